The van der Waals surface area contributed by atoms with Crippen LogP contribution in [0, 0.1) is 0 Å². The first kappa shape index (κ1) is 13.9. The number of nitrogens with zero attached hydrogens (tertiary/aromatic N) is 1. The van der Waals surface area contributed by atoms with Crippen molar-refractivity contribution in [1.82, 2.24) is 10.2 Å². The highest BCUT2D eigenvalue weighted by atomic mass is 16.5. The van der Waals surface area contributed by atoms with E-state index in [2.05, 4.69) is 31.1 Å². The Hall–Kier alpha value is -0.120. The van der Waals surface area contributed by atoms with Gasteiger partial charge in [0.2, 0.25) is 0 Å². The molecular weight excluding hydrogens is 200 g/mol. The van der Waals surface area contributed by atoms with Crippen molar-refractivity contribution in [3.05, 3.63) is 0 Å². The van der Waals surface area contributed by atoms with Crippen LogP contribution in [0.2, 0.25) is 0 Å². The van der Waals surface area contributed by atoms with Gasteiger partial charge in [0, 0.05) is 25.2 Å². The topological polar surface area (TPSA) is 24.5 Å². The first-order valence-electron chi connectivity index (χ1n) is 6.78. The van der Waals surface area contributed by atoms with Gasteiger partial charge >= 0.3 is 0 Å². The second-order valence-electron chi connectivity index (χ2n) is 4.79. The fourth-order valence-corrected chi connectivity index (χ4v) is 2.48. The summed E-state index contributed by atoms with van der Waals surface area (Å²) in [7, 11) is 2.06. The van der Waals surface area contributed by atoms with Crippen LogP contribution >= 0.6 is 0 Å². The van der Waals surface area contributed by atoms with Crippen LogP contribution in [0.4, 0.5) is 0 Å². The molecule has 16 heavy (non-hydrogen) atoms. The molecule has 0 aromatic heterocycles. The second kappa shape index (κ2) is 8.04. The van der Waals surface area contributed by atoms with Gasteiger partial charge in [-0.2, -0.15) is 0 Å². The van der Waals surface area contributed by atoms with Crippen LogP contribution in [-0.2, 0) is 4.74 Å². The lowest BCUT2D eigenvalue weighted by Crippen LogP contribution is -2.51. The van der Waals surface area contributed by atoms with E-state index in [4.69, 9.17) is 4.74 Å². The molecule has 1 rings (SSSR count). The van der Waals surface area contributed by atoms with E-state index < -0.39 is 0 Å². The van der Waals surface area contributed by atoms with E-state index in [1.807, 2.05) is 0 Å². The minimum absolute atomic E-state index is 0.589. The molecule has 1 fully saturated rings. The predicted octanol–water partition coefficient (Wildman–Crippen LogP) is 1.88. The number of hydrogen-bond acceptors (Lipinski definition) is 3. The van der Waals surface area contributed by atoms with Crippen molar-refractivity contribution in [2.24, 2.45) is 0 Å². The highest BCUT2D eigenvalue weighted by Crippen LogP contribution is 2.19. The minimum Gasteiger partial charge on any atom is -0.380 e. The average Bonchev–Trinajstić information content (AvgIpc) is 2.34. The van der Waals surface area contributed by atoms with Gasteiger partial charge in [0.1, 0.15) is 0 Å². The van der Waals surface area contributed by atoms with Crippen molar-refractivity contribution in [1.29, 1.82) is 0 Å². The summed E-state index contributed by atoms with van der Waals surface area (Å²) in [5.41, 5.74) is 0. The van der Waals surface area contributed by atoms with Gasteiger partial charge in [0.25, 0.3) is 0 Å². The van der Waals surface area contributed by atoms with Crippen molar-refractivity contribution < 1.29 is 4.74 Å². The Morgan fingerprint density at radius 3 is 2.88 bits per heavy atom. The lowest BCUT2D eigenvalue weighted by Gasteiger charge is -2.39. The lowest BCUT2D eigenvalue weighted by atomic mass is 9.96. The Labute approximate surface area is 101 Å². The van der Waals surface area contributed by atoms with Crippen molar-refractivity contribution >= 4 is 0 Å². The maximum atomic E-state index is 5.59. The molecule has 2 atom stereocenters. The predicted molar refractivity (Wildman–Crippen MR) is 68.8 cm³/mol. The summed E-state index contributed by atoms with van der Waals surface area (Å²) in [5.74, 6) is 0. The third-order valence-electron chi connectivity index (χ3n) is 3.57. The molecule has 3 nitrogen and oxygen atoms in total. The van der Waals surface area contributed by atoms with Gasteiger partial charge in [-0.3, -0.25) is 4.90 Å². The molecule has 0 saturated carbocycles. The zero-order valence-corrected chi connectivity index (χ0v) is 11.2. The summed E-state index contributed by atoms with van der Waals surface area (Å²) in [6.45, 7) is 8.58. The fraction of sp³-hybridized carbons (Fsp3) is 1.00. The van der Waals surface area contributed by atoms with Gasteiger partial charge in [-0.25, -0.2) is 0 Å². The maximum Gasteiger partial charge on any atom is 0.0593 e. The molecule has 3 heteroatoms. The third kappa shape index (κ3) is 4.40. The Morgan fingerprint density at radius 2 is 2.19 bits per heavy atom. The number of nitrogens with one attached hydrogen (secondary N) is 1. The van der Waals surface area contributed by atoms with Gasteiger partial charge in [-0.05, 0) is 39.8 Å². The summed E-state index contributed by atoms with van der Waals surface area (Å²) in [6, 6.07) is 1.29. The number of likely N-dealkylation sites (N-methyl/N-ethyl adjacent to an activating group) is 1. The Bertz CT molecular complexity index is 175. The number of rotatable bonds is 7. The number of piperidine rings is 1. The van der Waals surface area contributed by atoms with Gasteiger partial charge in [0.15, 0.2) is 0 Å². The third-order valence-corrected chi connectivity index (χ3v) is 3.57. The first-order chi connectivity index (χ1) is 7.79. The molecule has 0 spiro atoms. The molecule has 2 unspecified atom stereocenters. The maximum absolute atomic E-state index is 5.59. The van der Waals surface area contributed by atoms with Gasteiger partial charge in [0.05, 0.1) is 6.61 Å². The monoisotopic (exact) mass is 228 g/mol. The Kier molecular flexibility index (Phi) is 7.01. The quantitative estimate of drug-likeness (QED) is 0.673. The van der Waals surface area contributed by atoms with Crippen LogP contribution in [0.1, 0.15) is 39.5 Å². The molecule has 1 aliphatic heterocycles. The highest BCUT2D eigenvalue weighted by Gasteiger charge is 2.25. The second-order valence-corrected chi connectivity index (χ2v) is 4.79. The van der Waals surface area contributed by atoms with E-state index in [1.165, 1.54) is 25.8 Å². The van der Waals surface area contributed by atoms with Crippen LogP contribution in [0.15, 0.2) is 0 Å². The smallest absolute Gasteiger partial charge is 0.0593 e. The molecule has 0 aromatic carbocycles. The molecule has 1 heterocycles. The first-order valence-corrected chi connectivity index (χ1v) is 6.78. The summed E-state index contributed by atoms with van der Waals surface area (Å²) in [4.78, 5) is 2.60. The molecule has 1 saturated heterocycles. The summed E-state index contributed by atoms with van der Waals surface area (Å²) < 4.78 is 5.59. The summed E-state index contributed by atoms with van der Waals surface area (Å²) in [5, 5.41) is 3.38. The van der Waals surface area contributed by atoms with Crippen LogP contribution < -0.4 is 5.32 Å². The van der Waals surface area contributed by atoms with Crippen LogP contribution in [0.5, 0.6) is 0 Å². The van der Waals surface area contributed by atoms with Crippen LogP contribution in [0.3, 0.4) is 0 Å². The van der Waals surface area contributed by atoms with E-state index in [0.29, 0.717) is 12.1 Å². The zero-order valence-electron chi connectivity index (χ0n) is 11.2. The molecule has 0 amide bonds. The van der Waals surface area contributed by atoms with Gasteiger partial charge in [-0.1, -0.05) is 13.3 Å². The summed E-state index contributed by atoms with van der Waals surface area (Å²) >= 11 is 0. The standard InChI is InChI=1S/C13H28N2O/c1-4-10-16-11-9-15-8-6-5-7-13(15)12(2)14-3/h12-14H,4-11H2,1-3H3. The fourth-order valence-electron chi connectivity index (χ4n) is 2.48. The van der Waals surface area contributed by atoms with Crippen LogP contribution in [-0.4, -0.2) is 50.3 Å². The molecule has 0 radical (unpaired) electrons. The SMILES string of the molecule is CCCOCCN1CCCCC1C(C)NC. The molecular formula is C13H28N2O. The van der Waals surface area contributed by atoms with Crippen molar-refractivity contribution in [2.75, 3.05) is 33.4 Å². The zero-order chi connectivity index (χ0) is 11.8. The van der Waals surface area contributed by atoms with Crippen molar-refractivity contribution in [2.45, 2.75) is 51.6 Å². The van der Waals surface area contributed by atoms with E-state index in [9.17, 15) is 0 Å². The lowest BCUT2D eigenvalue weighted by molar-refractivity contribution is 0.0619. The van der Waals surface area contributed by atoms with Crippen LogP contribution in [0.25, 0.3) is 0 Å². The normalized spacial score (nSPS) is 24.6. The number of ether oxygens (including phenoxy) is 1. The van der Waals surface area contributed by atoms with E-state index >= 15 is 0 Å². The van der Waals surface area contributed by atoms with Gasteiger partial charge in [-0.15, -0.1) is 0 Å². The number of hydrogen-bond donors (Lipinski definition) is 1. The molecule has 1 aliphatic rings. The molecule has 0 aromatic rings. The van der Waals surface area contributed by atoms with Crippen molar-refractivity contribution in [3.8, 4) is 0 Å². The van der Waals surface area contributed by atoms with E-state index in [0.717, 1.165) is 26.2 Å². The largest absolute Gasteiger partial charge is 0.380 e. The highest BCUT2D eigenvalue weighted by molar-refractivity contribution is 4.84. The molecule has 1 N–H and O–H groups in total. The molecule has 0 aliphatic carbocycles. The summed E-state index contributed by atoms with van der Waals surface area (Å²) in [6.07, 6.45) is 5.18. The number of likely N-dealkylation sites (tertiary alicyclic amines) is 1. The minimum atomic E-state index is 0.589. The van der Waals surface area contributed by atoms with Crippen molar-refractivity contribution in [3.63, 3.8) is 0 Å². The van der Waals surface area contributed by atoms with E-state index in [-0.39, 0.29) is 0 Å². The van der Waals surface area contributed by atoms with E-state index in [1.54, 1.807) is 0 Å². The average molecular weight is 228 g/mol. The Balaban J connectivity index is 2.29. The molecule has 0 bridgehead atoms. The molecule has 96 valence electrons. The Morgan fingerprint density at radius 1 is 1.38 bits per heavy atom. The van der Waals surface area contributed by atoms with Gasteiger partial charge < -0.3 is 10.1 Å².